The molecule has 9 N–H and O–H groups in total. The van der Waals surface area contributed by atoms with E-state index in [0.29, 0.717) is 98.6 Å². The van der Waals surface area contributed by atoms with E-state index in [4.69, 9.17) is 109 Å². The monoisotopic (exact) mass is 1920 g/mol. The van der Waals surface area contributed by atoms with Crippen LogP contribution in [0.4, 0.5) is 45.4 Å². The molecule has 42 heteroatoms. The molecule has 0 unspecified atom stereocenters. The third kappa shape index (κ3) is 26.8. The second-order valence-corrected chi connectivity index (χ2v) is 32.9. The number of rotatable bonds is 20. The Morgan fingerprint density at radius 2 is 0.781 bits per heavy atom. The van der Waals surface area contributed by atoms with E-state index in [1.54, 1.807) is 49.4 Å². The lowest BCUT2D eigenvalue weighted by Gasteiger charge is -2.23. The second kappa shape index (κ2) is 46.2. The number of nitrogens with one attached hydrogen (secondary N) is 3. The molecule has 12 heterocycles. The normalized spacial score (nSPS) is 15.7. The maximum Gasteiger partial charge on any atom is 0.335 e. The number of nitrogens with two attached hydrogens (primary N) is 1. The lowest BCUT2D eigenvalue weighted by atomic mass is 10.1. The third-order valence-electron chi connectivity index (χ3n) is 22.4. The number of imidazole rings is 2. The lowest BCUT2D eigenvalue weighted by Crippen LogP contribution is -2.25. The standard InChI is InChI=1S/C22H22N4O4.C21H20N4O5.C12H12ClNO3.C12H13NO3S.C11H13NO5.C11H15NO3.C6H4FNO3/c1-13(27)14-3-6-19-18(11-14)23-21(26(19)2)25-22-24-17-5-4-16(12-20(17)30-22)29-15-7-9-28-10-8-15;1-25-17-5-2-12(19(26)27)10-16(17)22-20(25)24-21-23-15-4-3-14(11-18(15)30-21)29-13-6-8-28-9-7-13;13-12-14-10-2-1-9(7-11(10)17-12)16-8-3-5-15-6-4-8;17-12-13-10-2-1-9(7-11(10)16-12)15-8-3-5-14-6-4-8;13-11-7-9(1-2-10(11)12(14)15)17-8-3-5-16-6-4-8;12-10-2-1-9(7-11(10)13)15-8-3-5-14-6-4-8;7-4-1-2-5(8(10)11)6(9)3-4/h3-6,11-12,15H,7-10H2,1-2H3,(H,23,24,25);2-5,10-11,13H,6-9H2,1H3,(H,26,27)(H,22,23,24);1-2,7-8H,3-6H2;1-2,7-8H,3-6H2,(H,13,17);1-2,7-8,13H,3-6H2;1-2,7-8,13H,3-6,12H2;1-3,9H. The van der Waals surface area contributed by atoms with Crippen LogP contribution in [0.3, 0.4) is 0 Å². The molecular formula is C95H99ClFN13O26S. The zero-order valence-electron chi connectivity index (χ0n) is 74.6. The van der Waals surface area contributed by atoms with Gasteiger partial charge in [-0.2, -0.15) is 15.0 Å². The number of halogens is 2. The van der Waals surface area contributed by atoms with E-state index in [2.05, 4.69) is 40.5 Å². The van der Waals surface area contributed by atoms with Crippen molar-refractivity contribution in [3.63, 3.8) is 0 Å². The molecular weight excluding hydrogens is 1830 g/mol. The number of carbonyl (C=O) groups is 2. The highest BCUT2D eigenvalue weighted by molar-refractivity contribution is 7.71. The van der Waals surface area contributed by atoms with Crippen molar-refractivity contribution in [1.82, 2.24) is 39.0 Å². The van der Waals surface area contributed by atoms with Crippen molar-refractivity contribution in [2.45, 2.75) is 121 Å². The van der Waals surface area contributed by atoms with Crippen LogP contribution < -0.4 is 44.8 Å². The number of anilines is 5. The van der Waals surface area contributed by atoms with Gasteiger partial charge >= 0.3 is 29.4 Å². The molecule has 720 valence electrons. The number of aromatic carboxylic acids is 1. The number of carboxylic acid groups (broad SMARTS) is 1. The van der Waals surface area contributed by atoms with Gasteiger partial charge < -0.3 is 115 Å². The number of ketones is 1. The second-order valence-electron chi connectivity index (χ2n) is 32.2. The molecule has 15 aromatic rings. The topological polar surface area (TPSA) is 505 Å². The minimum Gasteiger partial charge on any atom is -0.506 e. The minimum absolute atomic E-state index is 0.00906. The molecule has 21 rings (SSSR count). The van der Waals surface area contributed by atoms with Crippen LogP contribution in [0.2, 0.25) is 5.35 Å². The number of phenolic OH excluding ortho intramolecular Hbond substituents is 3. The van der Waals surface area contributed by atoms with Crippen LogP contribution in [-0.4, -0.2) is 197 Å². The molecule has 0 atom stereocenters. The number of hydrogen-bond acceptors (Lipinski definition) is 34. The van der Waals surface area contributed by atoms with Gasteiger partial charge in [-0.1, -0.05) is 0 Å². The molecule has 0 aliphatic carbocycles. The highest BCUT2D eigenvalue weighted by Gasteiger charge is 2.26. The van der Waals surface area contributed by atoms with Crippen molar-refractivity contribution in [2.24, 2.45) is 14.1 Å². The summed E-state index contributed by atoms with van der Waals surface area (Å²) in [5.41, 5.74) is 14.6. The van der Waals surface area contributed by atoms with Gasteiger partial charge in [0.05, 0.1) is 128 Å². The quantitative estimate of drug-likeness (QED) is 0.00877. The first-order valence-electron chi connectivity index (χ1n) is 44.2. The molecule has 9 aromatic carbocycles. The maximum absolute atomic E-state index is 12.2. The fourth-order valence-corrected chi connectivity index (χ4v) is 15.4. The SMILES string of the molecule is CC(=O)c1ccc2c(c1)nc(Nc1nc3ccc(OC4CCOCC4)cc3o1)n2C.Clc1nc2ccc(OC3CCOCC3)cc2o1.Cn1c(Nc2nc3ccc(OC4CCOCC4)cc3o2)nc2cc(C(=O)O)ccc21.Nc1ccc(OC2CCOCC2)cc1O.O=[N+]([O-])c1ccc(F)cc1O.O=[N+]([O-])c1ccc(OC2CCOCC2)cc1O.S=c1[nH]c2ccc(OC3CCOCC3)cc2o1. The zero-order chi connectivity index (χ0) is 96.0. The van der Waals surface area contributed by atoms with Crippen LogP contribution in [0.5, 0.6) is 51.7 Å². The Balaban J connectivity index is 0.000000125. The number of H-pyrrole nitrogens is 1. The largest absolute Gasteiger partial charge is 0.506 e. The Hall–Kier alpha value is -14.5. The molecule has 6 fully saturated rings. The van der Waals surface area contributed by atoms with E-state index in [1.807, 2.05) is 102 Å². The molecule has 137 heavy (non-hydrogen) atoms. The number of carbonyl (C=O) groups excluding carboxylic acids is 1. The molecule has 6 aromatic heterocycles. The number of ether oxygens (including phenoxy) is 12. The van der Waals surface area contributed by atoms with Crippen LogP contribution in [0, 0.1) is 30.9 Å². The van der Waals surface area contributed by atoms with Crippen molar-refractivity contribution in [1.29, 1.82) is 0 Å². The Morgan fingerprint density at radius 1 is 0.438 bits per heavy atom. The molecule has 0 spiro atoms. The van der Waals surface area contributed by atoms with Crippen molar-refractivity contribution < 1.29 is 119 Å². The summed E-state index contributed by atoms with van der Waals surface area (Å²) in [5, 5.41) is 63.7. The molecule has 0 saturated carbocycles. The van der Waals surface area contributed by atoms with Crippen molar-refractivity contribution >= 4 is 143 Å². The Kier molecular flexibility index (Phi) is 32.7. The number of nitro benzene ring substituents is 2. The molecule has 0 amide bonds. The first-order chi connectivity index (χ1) is 66.3. The van der Waals surface area contributed by atoms with Crippen LogP contribution in [0.25, 0.3) is 66.5 Å². The van der Waals surface area contributed by atoms with E-state index in [1.165, 1.54) is 24.3 Å². The summed E-state index contributed by atoms with van der Waals surface area (Å²) in [4.78, 5) is 67.3. The van der Waals surface area contributed by atoms with E-state index >= 15 is 0 Å². The number of carboxylic acids is 1. The average Bonchev–Trinajstić information content (AvgIpc) is 1.64. The van der Waals surface area contributed by atoms with Gasteiger partial charge in [0.1, 0.15) is 99.2 Å². The number of hydrogen-bond donors (Lipinski definition) is 8. The van der Waals surface area contributed by atoms with E-state index < -0.39 is 33.1 Å². The van der Waals surface area contributed by atoms with Crippen LogP contribution in [0.15, 0.2) is 181 Å². The summed E-state index contributed by atoms with van der Waals surface area (Å²) in [6, 6.07) is 44.9. The molecule has 0 bridgehead atoms. The van der Waals surface area contributed by atoms with Gasteiger partial charge in [-0.15, -0.1) is 0 Å². The third-order valence-corrected chi connectivity index (χ3v) is 22.8. The predicted octanol–water partition coefficient (Wildman–Crippen LogP) is 18.8. The number of nitro groups is 2. The first-order valence-corrected chi connectivity index (χ1v) is 44.9. The molecule has 6 saturated heterocycles. The number of aromatic amines is 1. The van der Waals surface area contributed by atoms with Gasteiger partial charge in [-0.25, -0.2) is 19.2 Å². The van der Waals surface area contributed by atoms with Crippen molar-refractivity contribution in [2.75, 3.05) is 95.6 Å². The Labute approximate surface area is 790 Å². The van der Waals surface area contributed by atoms with Gasteiger partial charge in [0.25, 0.3) is 10.2 Å². The first kappa shape index (κ1) is 97.1. The zero-order valence-corrected chi connectivity index (χ0v) is 76.1. The van der Waals surface area contributed by atoms with Gasteiger partial charge in [-0.05, 0) is 140 Å². The molecule has 6 aliphatic rings. The Bertz CT molecular complexity index is 6550. The Morgan fingerprint density at radius 3 is 1.17 bits per heavy atom. The number of phenols is 3. The average molecular weight is 1930 g/mol. The maximum atomic E-state index is 12.2. The van der Waals surface area contributed by atoms with Crippen molar-refractivity contribution in [3.8, 4) is 51.7 Å². The number of aromatic nitrogens is 8. The summed E-state index contributed by atoms with van der Waals surface area (Å²) in [5.74, 6) is 2.64. The number of fused-ring (bicyclic) bond motifs is 6. The highest BCUT2D eigenvalue weighted by atomic mass is 35.5. The van der Waals surface area contributed by atoms with Gasteiger partial charge in [0.15, 0.2) is 39.6 Å². The lowest BCUT2D eigenvalue weighted by molar-refractivity contribution is -0.386. The summed E-state index contributed by atoms with van der Waals surface area (Å²) in [7, 11) is 3.73. The number of oxazole rings is 4. The number of nitrogens with zero attached hydrogens (tertiary/aromatic N) is 9. The fourth-order valence-electron chi connectivity index (χ4n) is 15.1. The summed E-state index contributed by atoms with van der Waals surface area (Å²) in [6.45, 7) is 10.3. The van der Waals surface area contributed by atoms with E-state index in [0.717, 1.165) is 217 Å². The van der Waals surface area contributed by atoms with Gasteiger partial charge in [-0.3, -0.25) is 35.7 Å². The minimum atomic E-state index is -0.991. The number of aryl methyl sites for hydroxylation is 2. The number of aromatic hydroxyl groups is 3. The fraction of sp³-hybridized carbons (Fsp3) is 0.347. The predicted molar refractivity (Wildman–Crippen MR) is 502 cm³/mol. The van der Waals surface area contributed by atoms with Crippen LogP contribution >= 0.6 is 23.8 Å². The van der Waals surface area contributed by atoms with Crippen LogP contribution in [0.1, 0.15) is 105 Å². The van der Waals surface area contributed by atoms with E-state index in [-0.39, 0.29) is 70.5 Å². The van der Waals surface area contributed by atoms with Crippen LogP contribution in [-0.2, 0) is 42.5 Å². The highest BCUT2D eigenvalue weighted by Crippen LogP contribution is 2.37. The summed E-state index contributed by atoms with van der Waals surface area (Å²) >= 11 is 10.6. The summed E-state index contributed by atoms with van der Waals surface area (Å²) in [6.07, 6.45) is 11.6. The number of Topliss-reactive ketones (excluding diaryl/α,β-unsaturated/α-hetero) is 1. The van der Waals surface area contributed by atoms with Gasteiger partial charge in [0.2, 0.25) is 11.9 Å². The van der Waals surface area contributed by atoms with Crippen molar-refractivity contribution in [3.05, 3.63) is 211 Å². The van der Waals surface area contributed by atoms with E-state index in [9.17, 15) is 49.5 Å². The number of nitrogen functional groups attached to an aromatic ring is 1. The smallest absolute Gasteiger partial charge is 0.335 e. The molecule has 6 aliphatic heterocycles. The molecule has 39 nitrogen and oxygen atoms in total. The molecule has 0 radical (unpaired) electrons. The van der Waals surface area contributed by atoms with Gasteiger partial charge in [0, 0.05) is 151 Å². The summed E-state index contributed by atoms with van der Waals surface area (Å²) < 4.78 is 105. The number of benzene rings is 9.